The third kappa shape index (κ3) is 3.73. The van der Waals surface area contributed by atoms with Crippen molar-refractivity contribution in [3.63, 3.8) is 0 Å². The summed E-state index contributed by atoms with van der Waals surface area (Å²) in [6.07, 6.45) is 3.62. The van der Waals surface area contributed by atoms with Crippen LogP contribution >= 0.6 is 15.9 Å². The average molecular weight is 350 g/mol. The summed E-state index contributed by atoms with van der Waals surface area (Å²) < 4.78 is 1.93. The summed E-state index contributed by atoms with van der Waals surface area (Å²) in [6.45, 7) is 4.02. The number of amides is 1. The highest BCUT2D eigenvalue weighted by molar-refractivity contribution is 9.10. The molecule has 5 heteroatoms. The lowest BCUT2D eigenvalue weighted by atomic mass is 10.0. The number of imidazole rings is 1. The van der Waals surface area contributed by atoms with Crippen LogP contribution in [0.5, 0.6) is 0 Å². The molecule has 0 radical (unpaired) electrons. The molecule has 0 fully saturated rings. The Balaban J connectivity index is 2.30. The lowest BCUT2D eigenvalue weighted by Crippen LogP contribution is -2.38. The second-order valence-electron chi connectivity index (χ2n) is 5.39. The minimum absolute atomic E-state index is 0.0261. The first-order valence-electron chi connectivity index (χ1n) is 6.97. The van der Waals surface area contributed by atoms with Crippen molar-refractivity contribution in [2.75, 3.05) is 0 Å². The largest absolute Gasteiger partial charge is 0.341 e. The molecule has 0 spiro atoms. The van der Waals surface area contributed by atoms with Crippen LogP contribution in [0.3, 0.4) is 0 Å². The Labute approximate surface area is 133 Å². The molecule has 1 amide bonds. The van der Waals surface area contributed by atoms with Gasteiger partial charge < -0.3 is 9.88 Å². The predicted molar refractivity (Wildman–Crippen MR) is 87.2 cm³/mol. The molecule has 0 saturated heterocycles. The van der Waals surface area contributed by atoms with Crippen molar-refractivity contribution < 1.29 is 4.79 Å². The topological polar surface area (TPSA) is 46.9 Å². The average Bonchev–Trinajstić information content (AvgIpc) is 2.90. The van der Waals surface area contributed by atoms with E-state index in [9.17, 15) is 4.79 Å². The summed E-state index contributed by atoms with van der Waals surface area (Å²) in [5.74, 6) is 1.02. The fraction of sp³-hybridized carbons (Fsp3) is 0.375. The number of alkyl halides is 1. The first kappa shape index (κ1) is 15.8. The molecular formula is C16H20BrN3O. The molecule has 2 rings (SSSR count). The van der Waals surface area contributed by atoms with Crippen molar-refractivity contribution in [2.45, 2.75) is 24.7 Å². The van der Waals surface area contributed by atoms with E-state index in [-0.39, 0.29) is 22.7 Å². The molecule has 0 aliphatic carbocycles. The Morgan fingerprint density at radius 2 is 1.95 bits per heavy atom. The minimum Gasteiger partial charge on any atom is -0.341 e. The van der Waals surface area contributed by atoms with Crippen LogP contribution in [0.4, 0.5) is 0 Å². The maximum Gasteiger partial charge on any atom is 0.234 e. The van der Waals surface area contributed by atoms with Gasteiger partial charge in [0.05, 0.1) is 4.83 Å². The van der Waals surface area contributed by atoms with Crippen LogP contribution in [0.2, 0.25) is 0 Å². The Hall–Kier alpha value is -1.62. The maximum atomic E-state index is 12.4. The summed E-state index contributed by atoms with van der Waals surface area (Å²) in [5.41, 5.74) is 1.02. The zero-order chi connectivity index (χ0) is 15.4. The van der Waals surface area contributed by atoms with E-state index in [4.69, 9.17) is 0 Å². The molecule has 4 nitrogen and oxygen atoms in total. The lowest BCUT2D eigenvalue weighted by molar-refractivity contribution is -0.121. The predicted octanol–water partition coefficient (Wildman–Crippen LogP) is 3.05. The molecule has 1 N–H and O–H groups in total. The van der Waals surface area contributed by atoms with Crippen LogP contribution in [0.25, 0.3) is 0 Å². The van der Waals surface area contributed by atoms with Gasteiger partial charge in [-0.3, -0.25) is 4.79 Å². The number of halogens is 1. The van der Waals surface area contributed by atoms with Gasteiger partial charge in [-0.2, -0.15) is 0 Å². The molecule has 0 saturated carbocycles. The van der Waals surface area contributed by atoms with Crippen LogP contribution in [0.1, 0.15) is 31.3 Å². The number of carbonyl (C=O) groups is 1. The number of nitrogens with zero attached hydrogens (tertiary/aromatic N) is 2. The fourth-order valence-electron chi connectivity index (χ4n) is 2.12. The molecule has 2 aromatic rings. The molecule has 2 atom stereocenters. The van der Waals surface area contributed by atoms with E-state index in [1.165, 1.54) is 0 Å². The Bertz CT molecular complexity index is 595. The third-order valence-electron chi connectivity index (χ3n) is 3.37. The van der Waals surface area contributed by atoms with E-state index < -0.39 is 0 Å². The van der Waals surface area contributed by atoms with E-state index in [2.05, 4.69) is 26.2 Å². The molecular weight excluding hydrogens is 330 g/mol. The smallest absolute Gasteiger partial charge is 0.234 e. The molecule has 1 aromatic carbocycles. The molecule has 0 bridgehead atoms. The van der Waals surface area contributed by atoms with Gasteiger partial charge in [0.2, 0.25) is 5.91 Å². The van der Waals surface area contributed by atoms with E-state index in [1.54, 1.807) is 6.20 Å². The van der Waals surface area contributed by atoms with Crippen LogP contribution in [0.15, 0.2) is 42.7 Å². The van der Waals surface area contributed by atoms with Crippen molar-refractivity contribution in [3.05, 3.63) is 54.1 Å². The SMILES string of the molecule is CC(C)C(Br)C(=O)NC(c1ccccc1)c1nccn1C. The van der Waals surface area contributed by atoms with Gasteiger partial charge in [0.25, 0.3) is 0 Å². The summed E-state index contributed by atoms with van der Waals surface area (Å²) in [5, 5.41) is 3.09. The number of hydrogen-bond acceptors (Lipinski definition) is 2. The first-order valence-corrected chi connectivity index (χ1v) is 7.89. The highest BCUT2D eigenvalue weighted by Crippen LogP contribution is 2.22. The van der Waals surface area contributed by atoms with Crippen molar-refractivity contribution >= 4 is 21.8 Å². The lowest BCUT2D eigenvalue weighted by Gasteiger charge is -2.22. The van der Waals surface area contributed by atoms with Crippen molar-refractivity contribution in [1.82, 2.24) is 14.9 Å². The second-order valence-corrected chi connectivity index (χ2v) is 6.38. The number of rotatable bonds is 5. The molecule has 0 aliphatic heterocycles. The van der Waals surface area contributed by atoms with E-state index in [0.717, 1.165) is 11.4 Å². The summed E-state index contributed by atoms with van der Waals surface area (Å²) in [7, 11) is 1.93. The first-order chi connectivity index (χ1) is 10.0. The molecule has 21 heavy (non-hydrogen) atoms. The van der Waals surface area contributed by atoms with Crippen LogP contribution in [-0.4, -0.2) is 20.3 Å². The van der Waals surface area contributed by atoms with Crippen molar-refractivity contribution in [3.8, 4) is 0 Å². The van der Waals surface area contributed by atoms with Gasteiger partial charge in [-0.25, -0.2) is 4.98 Å². The van der Waals surface area contributed by atoms with Crippen LogP contribution in [0, 0.1) is 5.92 Å². The zero-order valence-corrected chi connectivity index (χ0v) is 14.0. The van der Waals surface area contributed by atoms with Gasteiger partial charge in [-0.05, 0) is 11.5 Å². The van der Waals surface area contributed by atoms with Gasteiger partial charge in [-0.15, -0.1) is 0 Å². The van der Waals surface area contributed by atoms with Gasteiger partial charge in [0.1, 0.15) is 11.9 Å². The second kappa shape index (κ2) is 6.89. The van der Waals surface area contributed by atoms with Crippen LogP contribution < -0.4 is 5.32 Å². The Morgan fingerprint density at radius 3 is 2.48 bits per heavy atom. The Kier molecular flexibility index (Phi) is 5.17. The Morgan fingerprint density at radius 1 is 1.29 bits per heavy atom. The molecule has 0 aliphatic rings. The number of nitrogens with one attached hydrogen (secondary N) is 1. The minimum atomic E-state index is -0.252. The highest BCUT2D eigenvalue weighted by atomic mass is 79.9. The number of aromatic nitrogens is 2. The van der Waals surface area contributed by atoms with Gasteiger partial charge >= 0.3 is 0 Å². The third-order valence-corrected chi connectivity index (χ3v) is 4.85. The molecule has 112 valence electrons. The van der Waals surface area contributed by atoms with Crippen molar-refractivity contribution in [1.29, 1.82) is 0 Å². The summed E-state index contributed by atoms with van der Waals surface area (Å²) >= 11 is 3.45. The van der Waals surface area contributed by atoms with Crippen molar-refractivity contribution in [2.24, 2.45) is 13.0 Å². The van der Waals surface area contributed by atoms with Gasteiger partial charge in [0.15, 0.2) is 0 Å². The molecule has 2 unspecified atom stereocenters. The number of aryl methyl sites for hydroxylation is 1. The summed E-state index contributed by atoms with van der Waals surface area (Å²) in [6, 6.07) is 9.63. The maximum absolute atomic E-state index is 12.4. The number of carbonyl (C=O) groups excluding carboxylic acids is 1. The normalized spacial score (nSPS) is 14.0. The monoisotopic (exact) mass is 349 g/mol. The highest BCUT2D eigenvalue weighted by Gasteiger charge is 2.25. The molecule has 1 heterocycles. The van der Waals surface area contributed by atoms with E-state index in [1.807, 2.05) is 62.0 Å². The standard InChI is InChI=1S/C16H20BrN3O/c1-11(2)13(17)16(21)19-14(12-7-5-4-6-8-12)15-18-9-10-20(15)3/h4-11,13-14H,1-3H3,(H,19,21). The van der Waals surface area contributed by atoms with Gasteiger partial charge in [-0.1, -0.05) is 60.1 Å². The number of hydrogen-bond donors (Lipinski definition) is 1. The van der Waals surface area contributed by atoms with Gasteiger partial charge in [0, 0.05) is 19.4 Å². The zero-order valence-electron chi connectivity index (χ0n) is 12.5. The van der Waals surface area contributed by atoms with E-state index >= 15 is 0 Å². The van der Waals surface area contributed by atoms with E-state index in [0.29, 0.717) is 0 Å². The summed E-state index contributed by atoms with van der Waals surface area (Å²) in [4.78, 5) is 16.5. The van der Waals surface area contributed by atoms with Crippen LogP contribution in [-0.2, 0) is 11.8 Å². The fourth-order valence-corrected chi connectivity index (χ4v) is 2.25. The quantitative estimate of drug-likeness (QED) is 0.843. The number of benzene rings is 1. The molecule has 1 aromatic heterocycles.